The van der Waals surface area contributed by atoms with E-state index >= 15 is 0 Å². The fraction of sp³-hybridized carbons (Fsp3) is 0.800. The number of rotatable bonds is 4. The average Bonchev–Trinajstić information content (AvgIpc) is 2.85. The van der Waals surface area contributed by atoms with Crippen molar-refractivity contribution in [3.05, 3.63) is 10.8 Å². The summed E-state index contributed by atoms with van der Waals surface area (Å²) in [5.74, 6) is -0.247. The maximum atomic E-state index is 12.0. The second kappa shape index (κ2) is 6.41. The number of esters is 1. The van der Waals surface area contributed by atoms with Crippen LogP contribution in [0.2, 0.25) is 18.1 Å². The van der Waals surface area contributed by atoms with E-state index < -0.39 is 8.07 Å². The fourth-order valence-corrected chi connectivity index (χ4v) is 4.92. The van der Waals surface area contributed by atoms with E-state index in [1.807, 2.05) is 6.92 Å². The summed E-state index contributed by atoms with van der Waals surface area (Å²) in [5.41, 5.74) is 0.721. The molecule has 0 saturated carbocycles. The summed E-state index contributed by atoms with van der Waals surface area (Å²) in [6.07, 6.45) is 0.441. The molecule has 0 aliphatic carbocycles. The van der Waals surface area contributed by atoms with Gasteiger partial charge in [0, 0.05) is 12.0 Å². The summed E-state index contributed by atoms with van der Waals surface area (Å²) < 4.78 is 16.0. The van der Waals surface area contributed by atoms with Gasteiger partial charge in [0.25, 0.3) is 0 Å². The minimum absolute atomic E-state index is 0.149. The maximum Gasteiger partial charge on any atom is 0.332 e. The molecule has 0 unspecified atom stereocenters. The highest BCUT2D eigenvalue weighted by Crippen LogP contribution is 2.43. The number of ether oxygens (including phenoxy) is 3. The third-order valence-electron chi connectivity index (χ3n) is 4.64. The fourth-order valence-electron chi connectivity index (χ4n) is 2.30. The quantitative estimate of drug-likeness (QED) is 0.454. The van der Waals surface area contributed by atoms with E-state index in [9.17, 15) is 4.79 Å². The van der Waals surface area contributed by atoms with E-state index in [1.54, 1.807) is 0 Å². The predicted octanol–water partition coefficient (Wildman–Crippen LogP) is 3.29. The molecule has 0 aromatic rings. The Kier molecular flexibility index (Phi) is 5.58. The van der Waals surface area contributed by atoms with Gasteiger partial charge < -0.3 is 14.2 Å². The topological polar surface area (TPSA) is 44.8 Å². The largest absolute Gasteiger partial charge is 0.466 e. The molecule has 0 atom stereocenters. The van der Waals surface area contributed by atoms with Gasteiger partial charge >= 0.3 is 5.97 Å². The van der Waals surface area contributed by atoms with E-state index in [0.717, 1.165) is 5.57 Å². The summed E-state index contributed by atoms with van der Waals surface area (Å²) in [7, 11) is -0.397. The molecule has 1 saturated heterocycles. The lowest BCUT2D eigenvalue weighted by Gasteiger charge is -2.40. The first-order valence-electron chi connectivity index (χ1n) is 7.13. The van der Waals surface area contributed by atoms with Crippen LogP contribution in [0.25, 0.3) is 0 Å². The molecule has 0 aromatic carbocycles. The lowest BCUT2D eigenvalue weighted by atomic mass is 10.2. The second-order valence-electron chi connectivity index (χ2n) is 6.85. The lowest BCUT2D eigenvalue weighted by molar-refractivity contribution is -0.136. The van der Waals surface area contributed by atoms with Crippen molar-refractivity contribution in [3.8, 4) is 0 Å². The Hall–Kier alpha value is -0.653. The third kappa shape index (κ3) is 3.71. The van der Waals surface area contributed by atoms with Crippen molar-refractivity contribution in [2.45, 2.75) is 58.5 Å². The number of carbonyl (C=O) groups is 1. The third-order valence-corrected chi connectivity index (χ3v) is 10.5. The number of hydrogen-bond acceptors (Lipinski definition) is 4. The molecular formula is C15H28O4Si. The Morgan fingerprint density at radius 1 is 1.25 bits per heavy atom. The van der Waals surface area contributed by atoms with Crippen LogP contribution in [0.3, 0.4) is 0 Å². The van der Waals surface area contributed by atoms with E-state index in [2.05, 4.69) is 33.9 Å². The average molecular weight is 300 g/mol. The molecule has 0 amide bonds. The second-order valence-corrected chi connectivity index (χ2v) is 12.2. The Balaban J connectivity index is 3.16. The smallest absolute Gasteiger partial charge is 0.332 e. The normalized spacial score (nSPS) is 18.9. The molecule has 0 aromatic heterocycles. The summed E-state index contributed by atoms with van der Waals surface area (Å²) in [6, 6.07) is 0. The van der Waals surface area contributed by atoms with Gasteiger partial charge in [0.1, 0.15) is 0 Å². The number of methoxy groups -OCH3 is 1. The van der Waals surface area contributed by atoms with E-state index in [1.165, 1.54) is 12.3 Å². The van der Waals surface area contributed by atoms with E-state index in [4.69, 9.17) is 14.2 Å². The van der Waals surface area contributed by atoms with Gasteiger partial charge in [-0.1, -0.05) is 39.1 Å². The zero-order chi connectivity index (χ0) is 15.6. The van der Waals surface area contributed by atoms with Gasteiger partial charge in [0.2, 0.25) is 0 Å². The molecule has 0 spiro atoms. The maximum absolute atomic E-state index is 12.0. The van der Waals surface area contributed by atoms with Gasteiger partial charge in [0.05, 0.1) is 28.4 Å². The highest BCUT2D eigenvalue weighted by atomic mass is 28.3. The first-order valence-corrected chi connectivity index (χ1v) is 10.1. The summed E-state index contributed by atoms with van der Waals surface area (Å²) in [4.78, 5) is 12.0. The van der Waals surface area contributed by atoms with Crippen molar-refractivity contribution < 1.29 is 19.0 Å². The molecule has 20 heavy (non-hydrogen) atoms. The van der Waals surface area contributed by atoms with Crippen LogP contribution in [0, 0.1) is 0 Å². The Bertz CT molecular complexity index is 387. The Morgan fingerprint density at radius 3 is 2.15 bits per heavy atom. The number of carbonyl (C=O) groups excluding carboxylic acids is 1. The van der Waals surface area contributed by atoms with Crippen LogP contribution in [0.4, 0.5) is 0 Å². The molecule has 5 heteroatoms. The van der Waals surface area contributed by atoms with Crippen LogP contribution in [-0.4, -0.2) is 40.7 Å². The summed E-state index contributed by atoms with van der Waals surface area (Å²) in [6.45, 7) is 14.4. The Labute approximate surface area is 123 Å². The van der Waals surface area contributed by atoms with Gasteiger partial charge in [-0.05, 0) is 12.0 Å². The van der Waals surface area contributed by atoms with Crippen molar-refractivity contribution in [2.24, 2.45) is 0 Å². The first kappa shape index (κ1) is 17.4. The SMILES string of the molecule is COC(=O)/C(C)=C(/CC1OCCO1)[Si](C)(C)C(C)(C)C. The zero-order valence-electron chi connectivity index (χ0n) is 13.8. The minimum atomic E-state index is -1.83. The molecule has 1 rings (SSSR count). The molecule has 1 fully saturated rings. The van der Waals surface area contributed by atoms with Crippen LogP contribution in [-0.2, 0) is 19.0 Å². The molecular weight excluding hydrogens is 272 g/mol. The summed E-state index contributed by atoms with van der Waals surface area (Å²) >= 11 is 0. The molecule has 1 aliphatic rings. The molecule has 4 nitrogen and oxygen atoms in total. The van der Waals surface area contributed by atoms with E-state index in [0.29, 0.717) is 19.6 Å². The highest BCUT2D eigenvalue weighted by molar-refractivity contribution is 6.87. The molecule has 0 radical (unpaired) electrons. The van der Waals surface area contributed by atoms with Crippen molar-refractivity contribution >= 4 is 14.0 Å². The van der Waals surface area contributed by atoms with E-state index in [-0.39, 0.29) is 17.3 Å². The van der Waals surface area contributed by atoms with Crippen LogP contribution in [0.5, 0.6) is 0 Å². The monoisotopic (exact) mass is 300 g/mol. The molecule has 0 N–H and O–H groups in total. The van der Waals surface area contributed by atoms with Gasteiger partial charge in [-0.25, -0.2) is 4.79 Å². The predicted molar refractivity (Wildman–Crippen MR) is 82.2 cm³/mol. The van der Waals surface area contributed by atoms with Gasteiger partial charge in [-0.3, -0.25) is 0 Å². The van der Waals surface area contributed by atoms with Crippen LogP contribution in [0.1, 0.15) is 34.1 Å². The van der Waals surface area contributed by atoms with Crippen LogP contribution < -0.4 is 0 Å². The van der Waals surface area contributed by atoms with Crippen LogP contribution in [0.15, 0.2) is 10.8 Å². The molecule has 0 bridgehead atoms. The minimum Gasteiger partial charge on any atom is -0.466 e. The van der Waals surface area contributed by atoms with Crippen LogP contribution >= 0.6 is 0 Å². The zero-order valence-corrected chi connectivity index (χ0v) is 14.8. The van der Waals surface area contributed by atoms with Gasteiger partial charge in [-0.2, -0.15) is 0 Å². The van der Waals surface area contributed by atoms with Crippen molar-refractivity contribution in [2.75, 3.05) is 20.3 Å². The molecule has 1 aliphatic heterocycles. The lowest BCUT2D eigenvalue weighted by Crippen LogP contribution is -2.42. The van der Waals surface area contributed by atoms with Gasteiger partial charge in [0.15, 0.2) is 6.29 Å². The first-order chi connectivity index (χ1) is 9.11. The standard InChI is InChI=1S/C15H28O4Si/c1-11(14(16)17-5)12(10-13-18-8-9-19-13)20(6,7)15(2,3)4/h13H,8-10H2,1-7H3/b12-11-. The Morgan fingerprint density at radius 2 is 1.75 bits per heavy atom. The summed E-state index contributed by atoms with van der Waals surface area (Å²) in [5, 5.41) is 1.33. The molecule has 1 heterocycles. The van der Waals surface area contributed by atoms with Crippen molar-refractivity contribution in [3.63, 3.8) is 0 Å². The molecule has 116 valence electrons. The number of hydrogen-bond donors (Lipinski definition) is 0. The van der Waals surface area contributed by atoms with Crippen molar-refractivity contribution in [1.82, 2.24) is 0 Å². The highest BCUT2D eigenvalue weighted by Gasteiger charge is 2.41. The van der Waals surface area contributed by atoms with Crippen molar-refractivity contribution in [1.29, 1.82) is 0 Å². The van der Waals surface area contributed by atoms with Gasteiger partial charge in [-0.15, -0.1) is 0 Å².